The molecule has 0 saturated heterocycles. The zero-order valence-electron chi connectivity index (χ0n) is 16.3. The minimum atomic E-state index is 0.532. The van der Waals surface area contributed by atoms with Gasteiger partial charge in [-0.2, -0.15) is 0 Å². The number of benzene rings is 1. The van der Waals surface area contributed by atoms with Gasteiger partial charge in [-0.3, -0.25) is 0 Å². The first-order chi connectivity index (χ1) is 11.8. The lowest BCUT2D eigenvalue weighted by Gasteiger charge is -2.28. The number of nitrogens with zero attached hydrogens (tertiary/aromatic N) is 3. The van der Waals surface area contributed by atoms with Crippen molar-refractivity contribution in [3.63, 3.8) is 0 Å². The van der Waals surface area contributed by atoms with Crippen LogP contribution in [-0.2, 0) is 0 Å². The van der Waals surface area contributed by atoms with E-state index in [2.05, 4.69) is 73.9 Å². The fourth-order valence-electron chi connectivity index (χ4n) is 2.82. The van der Waals surface area contributed by atoms with Gasteiger partial charge >= 0.3 is 0 Å². The molecule has 2 aromatic rings. The first-order valence-electron chi connectivity index (χ1n) is 8.97. The maximum atomic E-state index is 6.42. The third-order valence-corrected chi connectivity index (χ3v) is 4.10. The number of rotatable bonds is 7. The van der Waals surface area contributed by atoms with Crippen molar-refractivity contribution < 1.29 is 0 Å². The lowest BCUT2D eigenvalue weighted by atomic mass is 10.1. The number of nitrogens with one attached hydrogen (secondary N) is 1. The quantitative estimate of drug-likeness (QED) is 0.774. The molecule has 0 unspecified atom stereocenters. The molecule has 0 fully saturated rings. The number of nitrogen functional groups attached to an aromatic ring is 1. The summed E-state index contributed by atoms with van der Waals surface area (Å²) in [5.41, 5.74) is 10.5. The van der Waals surface area contributed by atoms with Crippen molar-refractivity contribution in [1.82, 2.24) is 9.97 Å². The third-order valence-electron chi connectivity index (χ3n) is 4.10. The topological polar surface area (TPSA) is 67.1 Å². The molecule has 2 rings (SSSR count). The second kappa shape index (κ2) is 8.19. The van der Waals surface area contributed by atoms with Crippen molar-refractivity contribution in [2.24, 2.45) is 11.8 Å². The molecule has 5 nitrogen and oxygen atoms in total. The van der Waals surface area contributed by atoms with Gasteiger partial charge in [0.15, 0.2) is 11.6 Å². The van der Waals surface area contributed by atoms with Crippen molar-refractivity contribution in [2.75, 3.05) is 29.0 Å². The monoisotopic (exact) mass is 341 g/mol. The molecule has 136 valence electrons. The maximum Gasteiger partial charge on any atom is 0.159 e. The highest BCUT2D eigenvalue weighted by Crippen LogP contribution is 2.30. The van der Waals surface area contributed by atoms with Crippen LogP contribution in [-0.4, -0.2) is 23.1 Å². The molecular formula is C20H31N5. The Morgan fingerprint density at radius 1 is 1.00 bits per heavy atom. The highest BCUT2D eigenvalue weighted by molar-refractivity contribution is 5.78. The van der Waals surface area contributed by atoms with E-state index in [0.29, 0.717) is 23.3 Å². The van der Waals surface area contributed by atoms with E-state index in [1.165, 1.54) is 11.1 Å². The van der Waals surface area contributed by atoms with Crippen LogP contribution < -0.4 is 16.0 Å². The fraction of sp³-hybridized carbons (Fsp3) is 0.500. The highest BCUT2D eigenvalue weighted by atomic mass is 15.2. The van der Waals surface area contributed by atoms with Crippen LogP contribution in [0.4, 0.5) is 23.0 Å². The Bertz CT molecular complexity index is 699. The molecule has 1 heterocycles. The Labute approximate surface area is 151 Å². The fourth-order valence-corrected chi connectivity index (χ4v) is 2.82. The number of nitrogens with two attached hydrogens (primary N) is 1. The summed E-state index contributed by atoms with van der Waals surface area (Å²) in [5.74, 6) is 2.53. The molecule has 0 atom stereocenters. The van der Waals surface area contributed by atoms with E-state index >= 15 is 0 Å². The van der Waals surface area contributed by atoms with Crippen molar-refractivity contribution in [2.45, 2.75) is 41.5 Å². The van der Waals surface area contributed by atoms with Crippen LogP contribution >= 0.6 is 0 Å². The summed E-state index contributed by atoms with van der Waals surface area (Å²) in [6, 6.07) is 6.25. The van der Waals surface area contributed by atoms with Crippen molar-refractivity contribution in [3.05, 3.63) is 35.7 Å². The normalized spacial score (nSPS) is 11.2. The first kappa shape index (κ1) is 19.0. The van der Waals surface area contributed by atoms with Crippen LogP contribution in [0.15, 0.2) is 24.5 Å². The minimum absolute atomic E-state index is 0.532. The summed E-state index contributed by atoms with van der Waals surface area (Å²) in [7, 11) is 0. The summed E-state index contributed by atoms with van der Waals surface area (Å²) in [4.78, 5) is 11.1. The van der Waals surface area contributed by atoms with Crippen molar-refractivity contribution in [3.8, 4) is 0 Å². The zero-order chi connectivity index (χ0) is 18.6. The van der Waals surface area contributed by atoms with Gasteiger partial charge in [-0.15, -0.1) is 0 Å². The molecule has 0 spiro atoms. The van der Waals surface area contributed by atoms with Crippen LogP contribution in [0.3, 0.4) is 0 Å². The molecule has 0 aliphatic heterocycles. The summed E-state index contributed by atoms with van der Waals surface area (Å²) < 4.78 is 0. The summed E-state index contributed by atoms with van der Waals surface area (Å²) in [5, 5.41) is 3.34. The van der Waals surface area contributed by atoms with Gasteiger partial charge in [-0.1, -0.05) is 33.8 Å². The van der Waals surface area contributed by atoms with E-state index in [0.717, 1.165) is 24.6 Å². The van der Waals surface area contributed by atoms with Gasteiger partial charge in [-0.25, -0.2) is 9.97 Å². The van der Waals surface area contributed by atoms with Crippen molar-refractivity contribution >= 4 is 23.0 Å². The standard InChI is InChI=1S/C20H31N5/c1-13(2)10-25(11-14(3)4)20-18(21)19(22-12-23-20)24-17-8-7-15(5)16(6)9-17/h7-9,12-14H,10-11,21H2,1-6H3,(H,22,23,24). The molecule has 0 bridgehead atoms. The molecule has 3 N–H and O–H groups in total. The van der Waals surface area contributed by atoms with E-state index in [9.17, 15) is 0 Å². The number of hydrogen-bond acceptors (Lipinski definition) is 5. The Hall–Kier alpha value is -2.30. The van der Waals surface area contributed by atoms with Gasteiger partial charge in [0.05, 0.1) is 0 Å². The Morgan fingerprint density at radius 3 is 2.20 bits per heavy atom. The average Bonchev–Trinajstić information content (AvgIpc) is 2.51. The van der Waals surface area contributed by atoms with Gasteiger partial charge in [0, 0.05) is 18.8 Å². The van der Waals surface area contributed by atoms with Crippen LogP contribution in [0.1, 0.15) is 38.8 Å². The SMILES string of the molecule is Cc1ccc(Nc2ncnc(N(CC(C)C)CC(C)C)c2N)cc1C. The molecule has 0 amide bonds. The first-order valence-corrected chi connectivity index (χ1v) is 8.97. The van der Waals surface area contributed by atoms with Gasteiger partial charge in [0.1, 0.15) is 12.0 Å². The van der Waals surface area contributed by atoms with Gasteiger partial charge in [-0.05, 0) is 48.9 Å². The second-order valence-electron chi connectivity index (χ2n) is 7.58. The Morgan fingerprint density at radius 2 is 1.64 bits per heavy atom. The van der Waals surface area contributed by atoms with Crippen LogP contribution in [0.2, 0.25) is 0 Å². The summed E-state index contributed by atoms with van der Waals surface area (Å²) in [6.07, 6.45) is 1.59. The maximum absolute atomic E-state index is 6.42. The summed E-state index contributed by atoms with van der Waals surface area (Å²) >= 11 is 0. The molecule has 1 aromatic carbocycles. The number of anilines is 4. The zero-order valence-corrected chi connectivity index (χ0v) is 16.3. The van der Waals surface area contributed by atoms with Gasteiger partial charge < -0.3 is 16.0 Å². The highest BCUT2D eigenvalue weighted by Gasteiger charge is 2.17. The molecule has 0 aliphatic carbocycles. The lowest BCUT2D eigenvalue weighted by molar-refractivity contribution is 0.549. The van der Waals surface area contributed by atoms with E-state index in [-0.39, 0.29) is 0 Å². The predicted octanol–water partition coefficient (Wildman–Crippen LogP) is 4.54. The molecule has 0 radical (unpaired) electrons. The summed E-state index contributed by atoms with van der Waals surface area (Å²) in [6.45, 7) is 14.9. The minimum Gasteiger partial charge on any atom is -0.393 e. The van der Waals surface area contributed by atoms with E-state index in [4.69, 9.17) is 5.73 Å². The van der Waals surface area contributed by atoms with E-state index < -0.39 is 0 Å². The molecule has 0 saturated carbocycles. The molecule has 1 aromatic heterocycles. The molecular weight excluding hydrogens is 310 g/mol. The third kappa shape index (κ3) is 5.08. The largest absolute Gasteiger partial charge is 0.393 e. The average molecular weight is 342 g/mol. The van der Waals surface area contributed by atoms with Crippen LogP contribution in [0, 0.1) is 25.7 Å². The second-order valence-corrected chi connectivity index (χ2v) is 7.58. The number of aryl methyl sites for hydroxylation is 2. The Kier molecular flexibility index (Phi) is 6.23. The lowest BCUT2D eigenvalue weighted by Crippen LogP contribution is -2.32. The van der Waals surface area contributed by atoms with E-state index in [1.54, 1.807) is 6.33 Å². The number of aromatic nitrogens is 2. The predicted molar refractivity (Wildman–Crippen MR) is 108 cm³/mol. The van der Waals surface area contributed by atoms with Crippen LogP contribution in [0.25, 0.3) is 0 Å². The smallest absolute Gasteiger partial charge is 0.159 e. The molecule has 5 heteroatoms. The molecule has 25 heavy (non-hydrogen) atoms. The van der Waals surface area contributed by atoms with Crippen molar-refractivity contribution in [1.29, 1.82) is 0 Å². The van der Waals surface area contributed by atoms with E-state index in [1.807, 2.05) is 6.07 Å². The van der Waals surface area contributed by atoms with Crippen LogP contribution in [0.5, 0.6) is 0 Å². The Balaban J connectivity index is 2.31. The molecule has 0 aliphatic rings. The van der Waals surface area contributed by atoms with Gasteiger partial charge in [0.25, 0.3) is 0 Å². The van der Waals surface area contributed by atoms with Gasteiger partial charge in [0.2, 0.25) is 0 Å². The number of hydrogen-bond donors (Lipinski definition) is 2.